The molecule has 4 rings (SSSR count). The van der Waals surface area contributed by atoms with E-state index in [1.54, 1.807) is 6.92 Å². The molecule has 2 aromatic rings. The summed E-state index contributed by atoms with van der Waals surface area (Å²) in [5.41, 5.74) is 4.36. The molecule has 2 N–H and O–H groups in total. The molecule has 1 saturated heterocycles. The van der Waals surface area contributed by atoms with Crippen molar-refractivity contribution in [1.29, 1.82) is 0 Å². The first-order valence-electron chi connectivity index (χ1n) is 11.5. The van der Waals surface area contributed by atoms with Crippen molar-refractivity contribution in [2.75, 3.05) is 25.4 Å². The third kappa shape index (κ3) is 5.17. The SMILES string of the molecule is CC[C@H](NC(=O)OCC1c2ccccc2-c2ccccc21)C(=O)N1CCS(=O)(=O)C(CC(=O)O)C1. The van der Waals surface area contributed by atoms with Crippen molar-refractivity contribution >= 4 is 27.8 Å². The van der Waals surface area contributed by atoms with Crippen LogP contribution in [0.4, 0.5) is 4.79 Å². The molecule has 0 radical (unpaired) electrons. The predicted molar refractivity (Wildman–Crippen MR) is 129 cm³/mol. The fourth-order valence-electron chi connectivity index (χ4n) is 4.78. The molecular formula is C25H28N2O7S. The number of nitrogens with zero attached hydrogens (tertiary/aromatic N) is 1. The van der Waals surface area contributed by atoms with Crippen molar-refractivity contribution in [3.05, 3.63) is 59.7 Å². The number of benzene rings is 2. The molecule has 1 fully saturated rings. The summed E-state index contributed by atoms with van der Waals surface area (Å²) in [5.74, 6) is -2.12. The summed E-state index contributed by atoms with van der Waals surface area (Å²) in [6.07, 6.45) is -1.03. The monoisotopic (exact) mass is 500 g/mol. The molecule has 1 aliphatic heterocycles. The normalized spacial score (nSPS) is 19.3. The quantitative estimate of drug-likeness (QED) is 0.597. The Balaban J connectivity index is 1.39. The summed E-state index contributed by atoms with van der Waals surface area (Å²) in [6, 6.07) is 15.0. The average Bonchev–Trinajstić information content (AvgIpc) is 3.15. The maximum absolute atomic E-state index is 13.0. The van der Waals surface area contributed by atoms with Crippen molar-refractivity contribution in [3.8, 4) is 11.1 Å². The third-order valence-corrected chi connectivity index (χ3v) is 8.72. The molecule has 2 aromatic carbocycles. The maximum Gasteiger partial charge on any atom is 0.407 e. The van der Waals surface area contributed by atoms with Gasteiger partial charge in [0.25, 0.3) is 0 Å². The Morgan fingerprint density at radius 1 is 1.09 bits per heavy atom. The largest absolute Gasteiger partial charge is 0.481 e. The van der Waals surface area contributed by atoms with E-state index in [2.05, 4.69) is 5.32 Å². The fraction of sp³-hybridized carbons (Fsp3) is 0.400. The Bertz CT molecular complexity index is 1200. The Morgan fingerprint density at radius 3 is 2.26 bits per heavy atom. The van der Waals surface area contributed by atoms with Gasteiger partial charge in [-0.15, -0.1) is 0 Å². The van der Waals surface area contributed by atoms with Crippen molar-refractivity contribution in [2.45, 2.75) is 37.0 Å². The first kappa shape index (κ1) is 24.7. The number of aliphatic carboxylic acids is 1. The molecule has 10 heteroatoms. The van der Waals surface area contributed by atoms with Crippen LogP contribution < -0.4 is 5.32 Å². The van der Waals surface area contributed by atoms with E-state index in [9.17, 15) is 22.8 Å². The summed E-state index contributed by atoms with van der Waals surface area (Å²) in [7, 11) is -3.59. The number of carbonyl (C=O) groups is 3. The number of rotatable bonds is 7. The second-order valence-electron chi connectivity index (χ2n) is 8.80. The van der Waals surface area contributed by atoms with Crippen LogP contribution in [0.2, 0.25) is 0 Å². The molecule has 0 bridgehead atoms. The van der Waals surface area contributed by atoms with Crippen molar-refractivity contribution in [1.82, 2.24) is 10.2 Å². The van der Waals surface area contributed by atoms with Crippen LogP contribution in [0.5, 0.6) is 0 Å². The van der Waals surface area contributed by atoms with Gasteiger partial charge in [0.05, 0.1) is 17.4 Å². The highest BCUT2D eigenvalue weighted by Gasteiger charge is 2.38. The molecule has 0 saturated carbocycles. The lowest BCUT2D eigenvalue weighted by Crippen LogP contribution is -2.55. The van der Waals surface area contributed by atoms with Crippen LogP contribution in [-0.4, -0.2) is 73.1 Å². The van der Waals surface area contributed by atoms with E-state index in [0.29, 0.717) is 0 Å². The summed E-state index contributed by atoms with van der Waals surface area (Å²) >= 11 is 0. The predicted octanol–water partition coefficient (Wildman–Crippen LogP) is 2.40. The summed E-state index contributed by atoms with van der Waals surface area (Å²) < 4.78 is 29.9. The lowest BCUT2D eigenvalue weighted by Gasteiger charge is -2.34. The first-order chi connectivity index (χ1) is 16.7. The number of carbonyl (C=O) groups excluding carboxylic acids is 2. The van der Waals surface area contributed by atoms with E-state index in [4.69, 9.17) is 9.84 Å². The van der Waals surface area contributed by atoms with E-state index < -0.39 is 45.5 Å². The molecule has 1 aliphatic carbocycles. The smallest absolute Gasteiger partial charge is 0.407 e. The zero-order chi connectivity index (χ0) is 25.2. The molecule has 2 aliphatic rings. The molecule has 0 spiro atoms. The molecule has 2 atom stereocenters. The first-order valence-corrected chi connectivity index (χ1v) is 13.3. The van der Waals surface area contributed by atoms with Gasteiger partial charge in [-0.1, -0.05) is 55.5 Å². The van der Waals surface area contributed by atoms with Gasteiger partial charge in [-0.25, -0.2) is 13.2 Å². The van der Waals surface area contributed by atoms with Crippen molar-refractivity contribution in [2.24, 2.45) is 0 Å². The minimum atomic E-state index is -3.59. The number of hydrogen-bond donors (Lipinski definition) is 2. The van der Waals surface area contributed by atoms with Gasteiger partial charge in [-0.05, 0) is 28.7 Å². The molecule has 2 amide bonds. The van der Waals surface area contributed by atoms with Gasteiger partial charge in [0.1, 0.15) is 12.6 Å². The number of hydrogen-bond acceptors (Lipinski definition) is 6. The molecule has 1 unspecified atom stereocenters. The van der Waals surface area contributed by atoms with Crippen LogP contribution in [0.25, 0.3) is 11.1 Å². The molecular weight excluding hydrogens is 472 g/mol. The van der Waals surface area contributed by atoms with Crippen LogP contribution >= 0.6 is 0 Å². The minimum Gasteiger partial charge on any atom is -0.481 e. The number of ether oxygens (including phenoxy) is 1. The molecule has 186 valence electrons. The van der Waals surface area contributed by atoms with Gasteiger partial charge in [0, 0.05) is 19.0 Å². The van der Waals surface area contributed by atoms with Gasteiger partial charge in [-0.3, -0.25) is 9.59 Å². The highest BCUT2D eigenvalue weighted by atomic mass is 32.2. The van der Waals surface area contributed by atoms with Crippen molar-refractivity contribution in [3.63, 3.8) is 0 Å². The number of nitrogens with one attached hydrogen (secondary N) is 1. The van der Waals surface area contributed by atoms with E-state index >= 15 is 0 Å². The number of alkyl carbamates (subject to hydrolysis) is 1. The zero-order valence-electron chi connectivity index (χ0n) is 19.3. The summed E-state index contributed by atoms with van der Waals surface area (Å²) in [4.78, 5) is 38.0. The van der Waals surface area contributed by atoms with Crippen LogP contribution in [0.15, 0.2) is 48.5 Å². The standard InChI is InChI=1S/C25H28N2O7S/c1-2-22(24(30)27-11-12-35(32,33)16(14-27)13-23(28)29)26-25(31)34-15-21-19-9-5-3-7-17(19)18-8-4-6-10-20(18)21/h3-10,16,21-22H,2,11-15H2,1H3,(H,26,31)(H,28,29)/t16?,22-/m0/s1. The van der Waals surface area contributed by atoms with Gasteiger partial charge >= 0.3 is 12.1 Å². The van der Waals surface area contributed by atoms with Gasteiger partial charge in [0.2, 0.25) is 5.91 Å². The Morgan fingerprint density at radius 2 is 1.69 bits per heavy atom. The lowest BCUT2D eigenvalue weighted by atomic mass is 9.98. The van der Waals surface area contributed by atoms with E-state index in [1.807, 2.05) is 48.5 Å². The number of carboxylic acids is 1. The average molecular weight is 501 g/mol. The Kier molecular flexibility index (Phi) is 7.11. The minimum absolute atomic E-state index is 0.0415. The third-order valence-electron chi connectivity index (χ3n) is 6.63. The number of carboxylic acid groups (broad SMARTS) is 1. The number of sulfone groups is 1. The second-order valence-corrected chi connectivity index (χ2v) is 11.2. The highest BCUT2D eigenvalue weighted by Crippen LogP contribution is 2.44. The van der Waals surface area contributed by atoms with Crippen LogP contribution in [0, 0.1) is 0 Å². The van der Waals surface area contributed by atoms with E-state index in [1.165, 1.54) is 4.90 Å². The van der Waals surface area contributed by atoms with E-state index in [-0.39, 0.29) is 37.8 Å². The number of amides is 2. The van der Waals surface area contributed by atoms with Crippen LogP contribution in [0.1, 0.15) is 36.8 Å². The van der Waals surface area contributed by atoms with Gasteiger partial charge < -0.3 is 20.1 Å². The van der Waals surface area contributed by atoms with Crippen LogP contribution in [0.3, 0.4) is 0 Å². The van der Waals surface area contributed by atoms with Crippen LogP contribution in [-0.2, 0) is 24.2 Å². The lowest BCUT2D eigenvalue weighted by molar-refractivity contribution is -0.138. The maximum atomic E-state index is 13.0. The van der Waals surface area contributed by atoms with Gasteiger partial charge in [0.15, 0.2) is 9.84 Å². The fourth-order valence-corrected chi connectivity index (χ4v) is 6.39. The zero-order valence-corrected chi connectivity index (χ0v) is 20.2. The molecule has 0 aromatic heterocycles. The molecule has 35 heavy (non-hydrogen) atoms. The van der Waals surface area contributed by atoms with Crippen molar-refractivity contribution < 1.29 is 32.6 Å². The summed E-state index contributed by atoms with van der Waals surface area (Å²) in [6.45, 7) is 1.57. The topological polar surface area (TPSA) is 130 Å². The molecule has 1 heterocycles. The summed E-state index contributed by atoms with van der Waals surface area (Å²) in [5, 5.41) is 10.5. The molecule has 9 nitrogen and oxygen atoms in total. The second kappa shape index (κ2) is 10.1. The van der Waals surface area contributed by atoms with Gasteiger partial charge in [-0.2, -0.15) is 0 Å². The number of fused-ring (bicyclic) bond motifs is 3. The Labute approximate surface area is 204 Å². The Hall–Kier alpha value is -3.40. The van der Waals surface area contributed by atoms with E-state index in [0.717, 1.165) is 22.3 Å². The highest BCUT2D eigenvalue weighted by molar-refractivity contribution is 7.92.